The molecule has 200 valence electrons. The number of aliphatic hydroxyl groups is 7. The third kappa shape index (κ3) is 3.95. The monoisotopic (exact) mass is 496 g/mol. The predicted octanol–water partition coefficient (Wildman–Crippen LogP) is 0.825. The number of carbonyl (C=O) groups excluding carboxylic acids is 1. The van der Waals surface area contributed by atoms with Crippen LogP contribution >= 0.6 is 0 Å². The van der Waals surface area contributed by atoms with E-state index in [1.807, 2.05) is 13.8 Å². The van der Waals surface area contributed by atoms with E-state index < -0.39 is 63.9 Å². The molecule has 0 aromatic carbocycles. The van der Waals surface area contributed by atoms with Crippen LogP contribution < -0.4 is 0 Å². The summed E-state index contributed by atoms with van der Waals surface area (Å²) in [5.74, 6) is -1.26. The van der Waals surface area contributed by atoms with Gasteiger partial charge >= 0.3 is 0 Å². The van der Waals surface area contributed by atoms with Gasteiger partial charge in [-0.1, -0.05) is 13.8 Å². The van der Waals surface area contributed by atoms with Crippen molar-refractivity contribution >= 4 is 5.78 Å². The molecule has 0 amide bonds. The minimum atomic E-state index is -1.74. The highest BCUT2D eigenvalue weighted by Gasteiger charge is 2.69. The molecule has 8 heteroatoms. The van der Waals surface area contributed by atoms with Crippen molar-refractivity contribution in [1.82, 2.24) is 0 Å². The van der Waals surface area contributed by atoms with Crippen LogP contribution in [-0.2, 0) is 4.79 Å². The Balaban J connectivity index is 1.68. The molecule has 4 aliphatic carbocycles. The van der Waals surface area contributed by atoms with Crippen LogP contribution in [0.1, 0.15) is 79.6 Å². The Bertz CT molecular complexity index is 892. The average molecular weight is 497 g/mol. The Kier molecular flexibility index (Phi) is 6.46. The second-order valence-electron chi connectivity index (χ2n) is 13.3. The maximum atomic E-state index is 13.3. The largest absolute Gasteiger partial charge is 0.390 e. The number of hydrogen-bond donors (Lipinski definition) is 7. The third-order valence-electron chi connectivity index (χ3n) is 10.5. The van der Waals surface area contributed by atoms with Crippen LogP contribution in [0.4, 0.5) is 0 Å². The van der Waals surface area contributed by atoms with Crippen molar-refractivity contribution in [3.8, 4) is 0 Å². The van der Waals surface area contributed by atoms with Crippen molar-refractivity contribution in [1.29, 1.82) is 0 Å². The van der Waals surface area contributed by atoms with E-state index in [0.29, 0.717) is 31.3 Å². The van der Waals surface area contributed by atoms with Crippen LogP contribution in [0.3, 0.4) is 0 Å². The number of carbonyl (C=O) groups is 1. The molecular weight excluding hydrogens is 452 g/mol. The van der Waals surface area contributed by atoms with Gasteiger partial charge in [-0.2, -0.15) is 0 Å². The highest BCUT2D eigenvalue weighted by Crippen LogP contribution is 2.68. The fourth-order valence-corrected chi connectivity index (χ4v) is 8.53. The average Bonchev–Trinajstić information content (AvgIpc) is 3.00. The molecule has 0 radical (unpaired) electrons. The maximum Gasteiger partial charge on any atom is 0.159 e. The summed E-state index contributed by atoms with van der Waals surface area (Å²) in [6.45, 7) is 8.40. The second-order valence-corrected chi connectivity index (χ2v) is 13.3. The van der Waals surface area contributed by atoms with Crippen LogP contribution in [0.5, 0.6) is 0 Å². The van der Waals surface area contributed by atoms with Crippen molar-refractivity contribution in [3.63, 3.8) is 0 Å². The van der Waals surface area contributed by atoms with Gasteiger partial charge in [0, 0.05) is 17.8 Å². The number of aliphatic hydroxyl groups excluding tert-OH is 4. The molecule has 4 aliphatic rings. The maximum absolute atomic E-state index is 13.3. The lowest BCUT2D eigenvalue weighted by Crippen LogP contribution is -2.63. The van der Waals surface area contributed by atoms with E-state index in [0.717, 1.165) is 0 Å². The van der Waals surface area contributed by atoms with Crippen molar-refractivity contribution in [3.05, 3.63) is 11.6 Å². The summed E-state index contributed by atoms with van der Waals surface area (Å²) in [5.41, 5.74) is -5.15. The standard InChI is InChI=1S/C27H44O8/c1-23(2,33)12-20(31)22(32)26(5,34)21-7-9-27(35)15-10-17(28)16-11-18(29)19(30)13-24(16,3)14(15)6-8-25(21,27)4/h10,14,16,18-22,29-35H,6-9,11-13H2,1-5H3/t14-,16-,18+,19-,20?,21-,22?,24+,25+,26?,27+/m0/s1. The number of ketones is 1. The van der Waals surface area contributed by atoms with E-state index in [1.54, 1.807) is 6.08 Å². The van der Waals surface area contributed by atoms with Crippen molar-refractivity contribution in [2.24, 2.45) is 28.6 Å². The minimum Gasteiger partial charge on any atom is -0.390 e. The lowest BCUT2D eigenvalue weighted by molar-refractivity contribution is -0.194. The molecule has 11 atom stereocenters. The molecule has 0 bridgehead atoms. The molecule has 0 saturated heterocycles. The fraction of sp³-hybridized carbons (Fsp3) is 0.889. The second kappa shape index (κ2) is 8.32. The number of allylic oxidation sites excluding steroid dienone is 1. The van der Waals surface area contributed by atoms with E-state index in [2.05, 4.69) is 0 Å². The van der Waals surface area contributed by atoms with E-state index >= 15 is 0 Å². The summed E-state index contributed by atoms with van der Waals surface area (Å²) >= 11 is 0. The smallest absolute Gasteiger partial charge is 0.159 e. The SMILES string of the molecule is CC(C)(O)CC(O)C(O)C(C)(O)[C@H]1CC[C@@]2(O)C3=CC(=O)[C@@H]4C[C@@H](O)[C@@H](O)C[C@]4(C)[C@H]3CC[C@]12C. The molecule has 3 unspecified atom stereocenters. The summed E-state index contributed by atoms with van der Waals surface area (Å²) < 4.78 is 0. The van der Waals surface area contributed by atoms with Gasteiger partial charge in [0.1, 0.15) is 6.10 Å². The molecule has 8 nitrogen and oxygen atoms in total. The molecular formula is C27H44O8. The Morgan fingerprint density at radius 1 is 1.03 bits per heavy atom. The quantitative estimate of drug-likeness (QED) is 0.295. The Morgan fingerprint density at radius 3 is 2.26 bits per heavy atom. The van der Waals surface area contributed by atoms with Crippen molar-refractivity contribution in [2.45, 2.75) is 121 Å². The highest BCUT2D eigenvalue weighted by atomic mass is 16.4. The Morgan fingerprint density at radius 2 is 1.66 bits per heavy atom. The number of fused-ring (bicyclic) bond motifs is 5. The molecule has 0 aromatic rings. The Hall–Kier alpha value is -0.870. The van der Waals surface area contributed by atoms with E-state index in [-0.39, 0.29) is 31.0 Å². The molecule has 4 rings (SSSR count). The zero-order chi connectivity index (χ0) is 26.4. The first kappa shape index (κ1) is 27.2. The van der Waals surface area contributed by atoms with Gasteiger partial charge in [0.05, 0.1) is 35.1 Å². The number of hydrogen-bond acceptors (Lipinski definition) is 8. The van der Waals surface area contributed by atoms with E-state index in [4.69, 9.17) is 0 Å². The van der Waals surface area contributed by atoms with E-state index in [9.17, 15) is 40.5 Å². The van der Waals surface area contributed by atoms with Crippen molar-refractivity contribution in [2.75, 3.05) is 0 Å². The van der Waals surface area contributed by atoms with Gasteiger partial charge in [-0.15, -0.1) is 0 Å². The summed E-state index contributed by atoms with van der Waals surface area (Å²) in [4.78, 5) is 13.3. The molecule has 0 aliphatic heterocycles. The first-order valence-corrected chi connectivity index (χ1v) is 13.0. The first-order valence-electron chi connectivity index (χ1n) is 13.0. The number of rotatable bonds is 5. The van der Waals surface area contributed by atoms with Gasteiger partial charge in [-0.25, -0.2) is 0 Å². The van der Waals surface area contributed by atoms with Gasteiger partial charge in [0.25, 0.3) is 0 Å². The molecule has 3 fully saturated rings. The van der Waals surface area contributed by atoms with Crippen LogP contribution in [0.25, 0.3) is 0 Å². The summed E-state index contributed by atoms with van der Waals surface area (Å²) in [6, 6.07) is 0. The lowest BCUT2D eigenvalue weighted by Gasteiger charge is -2.60. The normalized spacial score (nSPS) is 47.1. The Labute approximate surface area is 207 Å². The predicted molar refractivity (Wildman–Crippen MR) is 128 cm³/mol. The van der Waals surface area contributed by atoms with Crippen molar-refractivity contribution < 1.29 is 40.5 Å². The topological polar surface area (TPSA) is 159 Å². The third-order valence-corrected chi connectivity index (χ3v) is 10.5. The van der Waals surface area contributed by atoms with Crippen LogP contribution in [-0.4, -0.2) is 82.7 Å². The van der Waals surface area contributed by atoms with Crippen LogP contribution in [0.15, 0.2) is 11.6 Å². The van der Waals surface area contributed by atoms with Gasteiger partial charge in [0.2, 0.25) is 0 Å². The molecule has 0 heterocycles. The van der Waals surface area contributed by atoms with Gasteiger partial charge < -0.3 is 35.7 Å². The minimum absolute atomic E-state index is 0.117. The van der Waals surface area contributed by atoms with Crippen LogP contribution in [0, 0.1) is 28.6 Å². The molecule has 35 heavy (non-hydrogen) atoms. The fourth-order valence-electron chi connectivity index (χ4n) is 8.53. The van der Waals surface area contributed by atoms with E-state index in [1.165, 1.54) is 20.8 Å². The zero-order valence-corrected chi connectivity index (χ0v) is 21.6. The summed E-state index contributed by atoms with van der Waals surface area (Å²) in [5, 5.41) is 76.1. The highest BCUT2D eigenvalue weighted by molar-refractivity contribution is 5.95. The molecule has 3 saturated carbocycles. The van der Waals surface area contributed by atoms with Crippen LogP contribution in [0.2, 0.25) is 0 Å². The first-order chi connectivity index (χ1) is 15.9. The summed E-state index contributed by atoms with van der Waals surface area (Å²) in [6.07, 6.45) is -0.952. The zero-order valence-electron chi connectivity index (χ0n) is 21.6. The molecule has 7 N–H and O–H groups in total. The van der Waals surface area contributed by atoms with Gasteiger partial charge in [0.15, 0.2) is 5.78 Å². The van der Waals surface area contributed by atoms with Gasteiger partial charge in [-0.3, -0.25) is 4.79 Å². The molecule has 0 aromatic heterocycles. The van der Waals surface area contributed by atoms with Gasteiger partial charge in [-0.05, 0) is 88.2 Å². The summed E-state index contributed by atoms with van der Waals surface area (Å²) in [7, 11) is 0. The lowest BCUT2D eigenvalue weighted by atomic mass is 9.45. The molecule has 0 spiro atoms.